The lowest BCUT2D eigenvalue weighted by atomic mass is 9.95. The second-order valence-corrected chi connectivity index (χ2v) is 6.58. The zero-order chi connectivity index (χ0) is 21.5. The highest BCUT2D eigenvalue weighted by molar-refractivity contribution is 6.11. The predicted octanol–water partition coefficient (Wildman–Crippen LogP) is 4.57. The van der Waals surface area contributed by atoms with Crippen LogP contribution in [0.2, 0.25) is 0 Å². The molecule has 1 N–H and O–H groups in total. The summed E-state index contributed by atoms with van der Waals surface area (Å²) in [7, 11) is 1.51. The van der Waals surface area contributed by atoms with Crippen molar-refractivity contribution in [3.63, 3.8) is 0 Å². The molecule has 0 aliphatic rings. The van der Waals surface area contributed by atoms with Crippen LogP contribution in [-0.4, -0.2) is 30.6 Å². The Balaban J connectivity index is 1.88. The molecule has 0 saturated heterocycles. The number of hydrogen-bond donors (Lipinski definition) is 1. The first-order chi connectivity index (χ1) is 14.5. The maximum Gasteiger partial charge on any atom is 0.330 e. The van der Waals surface area contributed by atoms with E-state index in [0.717, 1.165) is 17.2 Å². The number of aromatic hydroxyl groups is 1. The fraction of sp³-hybridized carbons (Fsp3) is 0.120. The number of phenolic OH excluding ortho intramolecular Hbond substituents is 1. The minimum Gasteiger partial charge on any atom is -0.507 e. The number of benzene rings is 3. The van der Waals surface area contributed by atoms with E-state index in [1.165, 1.54) is 13.2 Å². The summed E-state index contributed by atoms with van der Waals surface area (Å²) in [6.45, 7) is 3.63. The van der Waals surface area contributed by atoms with Crippen molar-refractivity contribution >= 4 is 11.8 Å². The van der Waals surface area contributed by atoms with E-state index in [1.54, 1.807) is 30.3 Å². The molecule has 0 unspecified atom stereocenters. The van der Waals surface area contributed by atoms with Gasteiger partial charge in [0.25, 0.3) is 0 Å². The third kappa shape index (κ3) is 4.75. The highest BCUT2D eigenvalue weighted by atomic mass is 16.5. The van der Waals surface area contributed by atoms with Gasteiger partial charge in [-0.25, -0.2) is 4.79 Å². The molecule has 3 aromatic rings. The molecule has 152 valence electrons. The minimum atomic E-state index is -0.448. The molecule has 3 rings (SSSR count). The summed E-state index contributed by atoms with van der Waals surface area (Å²) in [6.07, 6.45) is 1.71. The average molecular weight is 402 g/mol. The first kappa shape index (κ1) is 20.9. The van der Waals surface area contributed by atoms with Gasteiger partial charge in [0.15, 0.2) is 5.78 Å². The van der Waals surface area contributed by atoms with Crippen LogP contribution >= 0.6 is 0 Å². The van der Waals surface area contributed by atoms with Crippen molar-refractivity contribution in [2.75, 3.05) is 13.7 Å². The summed E-state index contributed by atoms with van der Waals surface area (Å²) in [5, 5.41) is 10.4. The Hall–Kier alpha value is -3.86. The molecular weight excluding hydrogens is 380 g/mol. The molecule has 0 atom stereocenters. The number of esters is 1. The predicted molar refractivity (Wildman–Crippen MR) is 115 cm³/mol. The van der Waals surface area contributed by atoms with E-state index in [0.29, 0.717) is 23.3 Å². The van der Waals surface area contributed by atoms with Gasteiger partial charge >= 0.3 is 5.97 Å². The maximum atomic E-state index is 12.9. The van der Waals surface area contributed by atoms with Gasteiger partial charge in [-0.15, -0.1) is 0 Å². The fourth-order valence-corrected chi connectivity index (χ4v) is 3.07. The van der Waals surface area contributed by atoms with Crippen molar-refractivity contribution in [2.45, 2.75) is 6.42 Å². The highest BCUT2D eigenvalue weighted by Crippen LogP contribution is 2.36. The van der Waals surface area contributed by atoms with E-state index in [1.807, 2.05) is 30.3 Å². The Bertz CT molecular complexity index is 1050. The van der Waals surface area contributed by atoms with E-state index in [4.69, 9.17) is 9.47 Å². The molecule has 0 aliphatic carbocycles. The number of methoxy groups -OCH3 is 1. The van der Waals surface area contributed by atoms with Crippen LogP contribution in [0.4, 0.5) is 0 Å². The van der Waals surface area contributed by atoms with Crippen molar-refractivity contribution in [1.82, 2.24) is 0 Å². The zero-order valence-electron chi connectivity index (χ0n) is 16.6. The molecule has 0 radical (unpaired) electrons. The summed E-state index contributed by atoms with van der Waals surface area (Å²) in [5.74, 6) is -0.386. The second-order valence-electron chi connectivity index (χ2n) is 6.58. The van der Waals surface area contributed by atoms with E-state index >= 15 is 0 Å². The van der Waals surface area contributed by atoms with E-state index in [-0.39, 0.29) is 23.7 Å². The van der Waals surface area contributed by atoms with E-state index < -0.39 is 5.97 Å². The minimum absolute atomic E-state index is 0.134. The van der Waals surface area contributed by atoms with Gasteiger partial charge in [0, 0.05) is 29.7 Å². The molecule has 0 fully saturated rings. The van der Waals surface area contributed by atoms with Gasteiger partial charge < -0.3 is 14.6 Å². The Morgan fingerprint density at radius 1 is 1.03 bits per heavy atom. The number of ketones is 1. The average Bonchev–Trinajstić information content (AvgIpc) is 2.79. The summed E-state index contributed by atoms with van der Waals surface area (Å²) in [6, 6.07) is 19.5. The van der Waals surface area contributed by atoms with Crippen molar-refractivity contribution in [1.29, 1.82) is 0 Å². The van der Waals surface area contributed by atoms with Crippen LogP contribution in [0, 0.1) is 0 Å². The summed E-state index contributed by atoms with van der Waals surface area (Å²) in [5.41, 5.74) is 3.22. The maximum absolute atomic E-state index is 12.9. The Kier molecular flexibility index (Phi) is 6.65. The molecule has 0 bridgehead atoms. The number of carbonyl (C=O) groups is 2. The lowest BCUT2D eigenvalue weighted by molar-refractivity contribution is -0.137. The molecule has 3 aromatic carbocycles. The van der Waals surface area contributed by atoms with Gasteiger partial charge in [-0.3, -0.25) is 4.79 Å². The zero-order valence-corrected chi connectivity index (χ0v) is 16.6. The molecule has 30 heavy (non-hydrogen) atoms. The second kappa shape index (κ2) is 9.56. The standard InChI is InChI=1S/C25H22O5/c1-3-24(27)30-14-13-17-9-11-18(12-10-17)20-15-21(22(26)16-23(20)29-2)25(28)19-7-5-4-6-8-19/h3-12,15-16,26H,1,13-14H2,2H3. The molecule has 5 nitrogen and oxygen atoms in total. The lowest BCUT2D eigenvalue weighted by Gasteiger charge is -2.13. The quantitative estimate of drug-likeness (QED) is 0.339. The number of phenols is 1. The van der Waals surface area contributed by atoms with Gasteiger partial charge in [-0.05, 0) is 17.2 Å². The van der Waals surface area contributed by atoms with Crippen molar-refractivity contribution in [3.8, 4) is 22.6 Å². The molecule has 0 aromatic heterocycles. The summed E-state index contributed by atoms with van der Waals surface area (Å²) in [4.78, 5) is 24.0. The van der Waals surface area contributed by atoms with Crippen molar-refractivity contribution in [2.24, 2.45) is 0 Å². The molecule has 5 heteroatoms. The molecule has 0 amide bonds. The van der Waals surface area contributed by atoms with Crippen LogP contribution in [0.1, 0.15) is 21.5 Å². The Labute approximate surface area is 175 Å². The van der Waals surface area contributed by atoms with Crippen molar-refractivity contribution in [3.05, 3.63) is 96.1 Å². The van der Waals surface area contributed by atoms with Crippen LogP contribution < -0.4 is 4.74 Å². The van der Waals surface area contributed by atoms with Gasteiger partial charge in [-0.2, -0.15) is 0 Å². The first-order valence-electron chi connectivity index (χ1n) is 9.42. The molecule has 0 aliphatic heterocycles. The first-order valence-corrected chi connectivity index (χ1v) is 9.42. The summed E-state index contributed by atoms with van der Waals surface area (Å²) >= 11 is 0. The third-order valence-corrected chi connectivity index (χ3v) is 4.67. The van der Waals surface area contributed by atoms with Gasteiger partial charge in [-0.1, -0.05) is 61.2 Å². The van der Waals surface area contributed by atoms with Gasteiger partial charge in [0.2, 0.25) is 0 Å². The van der Waals surface area contributed by atoms with Crippen LogP contribution in [0.5, 0.6) is 11.5 Å². The fourth-order valence-electron chi connectivity index (χ4n) is 3.07. The van der Waals surface area contributed by atoms with Crippen LogP contribution in [0.3, 0.4) is 0 Å². The molecule has 0 heterocycles. The number of rotatable bonds is 8. The van der Waals surface area contributed by atoms with Gasteiger partial charge in [0.05, 0.1) is 19.3 Å². The topological polar surface area (TPSA) is 72.8 Å². The smallest absolute Gasteiger partial charge is 0.330 e. The Morgan fingerprint density at radius 2 is 1.73 bits per heavy atom. The normalized spacial score (nSPS) is 10.3. The molecule has 0 saturated carbocycles. The molecular formula is C25H22O5. The monoisotopic (exact) mass is 402 g/mol. The molecule has 0 spiro atoms. The van der Waals surface area contributed by atoms with E-state index in [2.05, 4.69) is 6.58 Å². The third-order valence-electron chi connectivity index (χ3n) is 4.67. The summed E-state index contributed by atoms with van der Waals surface area (Å²) < 4.78 is 10.4. The SMILES string of the molecule is C=CC(=O)OCCc1ccc(-c2cc(C(=O)c3ccccc3)c(O)cc2OC)cc1. The Morgan fingerprint density at radius 3 is 2.37 bits per heavy atom. The van der Waals surface area contributed by atoms with Crippen molar-refractivity contribution < 1.29 is 24.2 Å². The van der Waals surface area contributed by atoms with E-state index in [9.17, 15) is 14.7 Å². The highest BCUT2D eigenvalue weighted by Gasteiger charge is 2.18. The largest absolute Gasteiger partial charge is 0.507 e. The lowest BCUT2D eigenvalue weighted by Crippen LogP contribution is -2.04. The number of ether oxygens (including phenoxy) is 2. The number of hydrogen-bond acceptors (Lipinski definition) is 5. The van der Waals surface area contributed by atoms with Gasteiger partial charge in [0.1, 0.15) is 11.5 Å². The number of carbonyl (C=O) groups excluding carboxylic acids is 2. The van der Waals surface area contributed by atoms with Crippen LogP contribution in [0.25, 0.3) is 11.1 Å². The van der Waals surface area contributed by atoms with Crippen LogP contribution in [-0.2, 0) is 16.0 Å². The van der Waals surface area contributed by atoms with Crippen LogP contribution in [0.15, 0.2) is 79.4 Å².